The van der Waals surface area contributed by atoms with Crippen LogP contribution in [0.4, 0.5) is 13.2 Å². The van der Waals surface area contributed by atoms with E-state index in [4.69, 9.17) is 11.6 Å². The molecule has 2 heterocycles. The third-order valence-corrected chi connectivity index (χ3v) is 3.39. The highest BCUT2D eigenvalue weighted by atomic mass is 35.5. The summed E-state index contributed by atoms with van der Waals surface area (Å²) in [4.78, 5) is 0. The van der Waals surface area contributed by atoms with Gasteiger partial charge in [-0.2, -0.15) is 26.7 Å². The molecule has 2 rings (SSSR count). The summed E-state index contributed by atoms with van der Waals surface area (Å²) in [5, 5.41) is 3.74. The van der Waals surface area contributed by atoms with Gasteiger partial charge in [0, 0.05) is 6.20 Å². The molecule has 0 aliphatic rings. The molecule has 102 valence electrons. The predicted molar refractivity (Wildman–Crippen MR) is 64.0 cm³/mol. The normalized spacial score (nSPS) is 12.8. The minimum absolute atomic E-state index is 0.0209. The molecular weight excluding hydrogens is 307 g/mol. The maximum Gasteiger partial charge on any atom is 0.534 e. The van der Waals surface area contributed by atoms with Gasteiger partial charge in [0.15, 0.2) is 5.75 Å². The van der Waals surface area contributed by atoms with Crippen LogP contribution in [0.25, 0.3) is 5.52 Å². The molecule has 0 amide bonds. The molecule has 0 bridgehead atoms. The van der Waals surface area contributed by atoms with E-state index in [1.807, 2.05) is 0 Å². The first-order valence-electron chi connectivity index (χ1n) is 4.76. The second-order valence-electron chi connectivity index (χ2n) is 3.65. The predicted octanol–water partition coefficient (Wildman–Crippen LogP) is 0.474. The van der Waals surface area contributed by atoms with Crippen LogP contribution in [0.5, 0.6) is 5.75 Å². The van der Waals surface area contributed by atoms with Gasteiger partial charge < -0.3 is 4.18 Å². The molecule has 0 saturated carbocycles. The van der Waals surface area contributed by atoms with E-state index in [0.29, 0.717) is 5.46 Å². The molecule has 0 radical (unpaired) electrons. The van der Waals surface area contributed by atoms with Crippen molar-refractivity contribution in [1.82, 2.24) is 9.61 Å². The zero-order valence-corrected chi connectivity index (χ0v) is 10.8. The first-order valence-corrected chi connectivity index (χ1v) is 6.55. The lowest BCUT2D eigenvalue weighted by Gasteiger charge is -2.11. The van der Waals surface area contributed by atoms with Crippen LogP contribution in [0.1, 0.15) is 0 Å². The molecule has 0 aliphatic carbocycles. The Kier molecular flexibility index (Phi) is 3.17. The highest BCUT2D eigenvalue weighted by Gasteiger charge is 2.48. The molecule has 0 saturated heterocycles. The van der Waals surface area contributed by atoms with Gasteiger partial charge in [0.25, 0.3) is 0 Å². The van der Waals surface area contributed by atoms with E-state index in [-0.39, 0.29) is 10.5 Å². The molecule has 0 spiro atoms. The van der Waals surface area contributed by atoms with Crippen molar-refractivity contribution in [2.45, 2.75) is 5.51 Å². The molecule has 0 aliphatic heterocycles. The van der Waals surface area contributed by atoms with E-state index in [1.165, 1.54) is 12.4 Å². The van der Waals surface area contributed by atoms with E-state index < -0.39 is 21.4 Å². The summed E-state index contributed by atoms with van der Waals surface area (Å²) in [6.07, 6.45) is 2.64. The molecule has 11 heteroatoms. The van der Waals surface area contributed by atoms with Crippen LogP contribution in [0, 0.1) is 0 Å². The Morgan fingerprint density at radius 2 is 2.05 bits per heavy atom. The van der Waals surface area contributed by atoms with E-state index in [2.05, 4.69) is 9.28 Å². The van der Waals surface area contributed by atoms with Crippen LogP contribution < -0.4 is 9.65 Å². The van der Waals surface area contributed by atoms with Crippen molar-refractivity contribution in [2.75, 3.05) is 0 Å². The molecule has 19 heavy (non-hydrogen) atoms. The second kappa shape index (κ2) is 4.31. The van der Waals surface area contributed by atoms with Gasteiger partial charge in [0.05, 0.1) is 11.2 Å². The quantitative estimate of drug-likeness (QED) is 0.460. The smallest absolute Gasteiger partial charge is 0.374 e. The van der Waals surface area contributed by atoms with Gasteiger partial charge in [0.2, 0.25) is 0 Å². The van der Waals surface area contributed by atoms with Crippen molar-refractivity contribution >= 4 is 40.5 Å². The fraction of sp³-hybridized carbons (Fsp3) is 0.125. The van der Waals surface area contributed by atoms with Gasteiger partial charge in [-0.25, -0.2) is 4.52 Å². The minimum atomic E-state index is -5.75. The number of halogens is 4. The SMILES string of the molecule is Bc1cc(OS(=O)(=O)C(F)(F)F)c2c(Cl)cnn2c1. The first kappa shape index (κ1) is 14.0. The lowest BCUT2D eigenvalue weighted by molar-refractivity contribution is -0.0499. The molecule has 0 unspecified atom stereocenters. The summed E-state index contributed by atoms with van der Waals surface area (Å²) in [6, 6.07) is 1.13. The van der Waals surface area contributed by atoms with Gasteiger partial charge in [0.1, 0.15) is 13.4 Å². The Hall–Kier alpha value is -1.42. The molecule has 2 aromatic heterocycles. The number of alkyl halides is 3. The zero-order valence-electron chi connectivity index (χ0n) is 9.27. The summed E-state index contributed by atoms with van der Waals surface area (Å²) < 4.78 is 64.1. The van der Waals surface area contributed by atoms with Gasteiger partial charge in [-0.3, -0.25) is 0 Å². The molecule has 0 N–H and O–H groups in total. The van der Waals surface area contributed by atoms with Crippen molar-refractivity contribution in [1.29, 1.82) is 0 Å². The number of pyridine rings is 1. The van der Waals surface area contributed by atoms with Crippen molar-refractivity contribution in [2.24, 2.45) is 0 Å². The average Bonchev–Trinajstić information content (AvgIpc) is 2.57. The number of fused-ring (bicyclic) bond motifs is 1. The average molecular weight is 312 g/mol. The topological polar surface area (TPSA) is 60.7 Å². The largest absolute Gasteiger partial charge is 0.534 e. The third-order valence-electron chi connectivity index (χ3n) is 2.15. The molecule has 0 fully saturated rings. The Morgan fingerprint density at radius 1 is 1.42 bits per heavy atom. The standard InChI is InChI=1S/C8H5BClF3N2O3S/c9-4-1-6(18-19(16,17)8(11,12)13)7-5(10)2-14-15(7)3-4/h1-3H,9H2. The number of nitrogens with zero attached hydrogens (tertiary/aromatic N) is 2. The van der Waals surface area contributed by atoms with Gasteiger partial charge in [-0.1, -0.05) is 17.1 Å². The minimum Gasteiger partial charge on any atom is -0.374 e. The van der Waals surface area contributed by atoms with E-state index in [1.54, 1.807) is 7.85 Å². The van der Waals surface area contributed by atoms with Crippen LogP contribution >= 0.6 is 11.6 Å². The Morgan fingerprint density at radius 3 is 2.63 bits per heavy atom. The van der Waals surface area contributed by atoms with Crippen molar-refractivity contribution in [3.05, 3.63) is 23.5 Å². The first-order chi connectivity index (χ1) is 8.62. The monoisotopic (exact) mass is 312 g/mol. The Bertz CT molecular complexity index is 744. The Balaban J connectivity index is 2.61. The van der Waals surface area contributed by atoms with Crippen LogP contribution in [0.15, 0.2) is 18.5 Å². The number of hydrogen-bond donors (Lipinski definition) is 0. The van der Waals surface area contributed by atoms with Gasteiger partial charge >= 0.3 is 15.6 Å². The van der Waals surface area contributed by atoms with Crippen molar-refractivity contribution < 1.29 is 25.8 Å². The van der Waals surface area contributed by atoms with Gasteiger partial charge in [-0.15, -0.1) is 0 Å². The fourth-order valence-corrected chi connectivity index (χ4v) is 2.09. The zero-order chi connectivity index (χ0) is 14.4. The molecule has 5 nitrogen and oxygen atoms in total. The lowest BCUT2D eigenvalue weighted by atomic mass is 9.98. The van der Waals surface area contributed by atoms with E-state index in [0.717, 1.165) is 10.6 Å². The fourth-order valence-electron chi connectivity index (χ4n) is 1.40. The summed E-state index contributed by atoms with van der Waals surface area (Å²) in [5.41, 5.74) is -5.11. The highest BCUT2D eigenvalue weighted by Crippen LogP contribution is 2.31. The maximum atomic E-state index is 12.3. The Labute approximate surface area is 111 Å². The highest BCUT2D eigenvalue weighted by molar-refractivity contribution is 7.88. The summed E-state index contributed by atoms with van der Waals surface area (Å²) >= 11 is 5.73. The van der Waals surface area contributed by atoms with E-state index in [9.17, 15) is 21.6 Å². The number of rotatable bonds is 2. The van der Waals surface area contributed by atoms with Crippen molar-refractivity contribution in [3.8, 4) is 5.75 Å². The molecule has 0 atom stereocenters. The maximum absolute atomic E-state index is 12.3. The summed E-state index contributed by atoms with van der Waals surface area (Å²) in [7, 11) is -4.21. The number of hydrogen-bond acceptors (Lipinski definition) is 4. The molecular formula is C8H5BClF3N2O3S. The lowest BCUT2D eigenvalue weighted by Crippen LogP contribution is -2.28. The van der Waals surface area contributed by atoms with Crippen molar-refractivity contribution in [3.63, 3.8) is 0 Å². The summed E-state index contributed by atoms with van der Waals surface area (Å²) in [5.74, 6) is -0.528. The van der Waals surface area contributed by atoms with E-state index >= 15 is 0 Å². The summed E-state index contributed by atoms with van der Waals surface area (Å²) in [6.45, 7) is 0. The third kappa shape index (κ3) is 2.50. The van der Waals surface area contributed by atoms with Crippen LogP contribution in [-0.4, -0.2) is 31.4 Å². The van der Waals surface area contributed by atoms with Crippen LogP contribution in [0.2, 0.25) is 5.02 Å². The molecule has 0 aromatic carbocycles. The number of aromatic nitrogens is 2. The van der Waals surface area contributed by atoms with Crippen LogP contribution in [0.3, 0.4) is 0 Å². The van der Waals surface area contributed by atoms with Gasteiger partial charge in [-0.05, 0) is 6.07 Å². The molecule has 2 aromatic rings. The second-order valence-corrected chi connectivity index (χ2v) is 5.60. The van der Waals surface area contributed by atoms with Crippen LogP contribution in [-0.2, 0) is 10.1 Å².